The molecule has 0 aliphatic heterocycles. The van der Waals surface area contributed by atoms with Crippen molar-refractivity contribution < 1.29 is 14.3 Å². The van der Waals surface area contributed by atoms with Crippen molar-refractivity contribution >= 4 is 23.4 Å². The number of benzene rings is 1. The highest BCUT2D eigenvalue weighted by Crippen LogP contribution is 2.24. The van der Waals surface area contributed by atoms with Gasteiger partial charge >= 0.3 is 0 Å². The number of ether oxygens (including phenoxy) is 1. The molecule has 2 rings (SSSR count). The van der Waals surface area contributed by atoms with Crippen molar-refractivity contribution in [2.75, 3.05) is 6.61 Å². The molecule has 0 spiro atoms. The maximum absolute atomic E-state index is 11.7. The van der Waals surface area contributed by atoms with Crippen molar-refractivity contribution in [2.45, 2.75) is 13.5 Å². The molecule has 0 bridgehead atoms. The SMILES string of the molecule is Cc1ccc(Cl)c(OCC(=O)NNC(=O)Cn2ccccc2=O)c1. The van der Waals surface area contributed by atoms with Crippen molar-refractivity contribution in [1.29, 1.82) is 0 Å². The highest BCUT2D eigenvalue weighted by atomic mass is 35.5. The summed E-state index contributed by atoms with van der Waals surface area (Å²) in [7, 11) is 0. The van der Waals surface area contributed by atoms with Gasteiger partial charge in [0.05, 0.1) is 5.02 Å². The van der Waals surface area contributed by atoms with Gasteiger partial charge in [-0.1, -0.05) is 23.7 Å². The molecule has 0 radical (unpaired) electrons. The third kappa shape index (κ3) is 5.13. The molecule has 1 aromatic heterocycles. The summed E-state index contributed by atoms with van der Waals surface area (Å²) in [5, 5.41) is 0.390. The van der Waals surface area contributed by atoms with Gasteiger partial charge < -0.3 is 9.30 Å². The minimum absolute atomic E-state index is 0.204. The van der Waals surface area contributed by atoms with Gasteiger partial charge in [-0.15, -0.1) is 0 Å². The standard InChI is InChI=1S/C16H16ClN3O4/c1-11-5-6-12(17)13(8-11)24-10-15(22)19-18-14(21)9-20-7-3-2-4-16(20)23/h2-8H,9-10H2,1H3,(H,18,21)(H,19,22). The van der Waals surface area contributed by atoms with Gasteiger partial charge in [0, 0.05) is 12.3 Å². The number of amides is 2. The van der Waals surface area contributed by atoms with Crippen LogP contribution < -0.4 is 21.1 Å². The molecule has 0 fully saturated rings. The van der Waals surface area contributed by atoms with Crippen LogP contribution in [0.1, 0.15) is 5.56 Å². The molecule has 1 heterocycles. The zero-order valence-corrected chi connectivity index (χ0v) is 13.7. The normalized spacial score (nSPS) is 10.1. The van der Waals surface area contributed by atoms with Crippen molar-refractivity contribution in [3.8, 4) is 5.75 Å². The quantitative estimate of drug-likeness (QED) is 0.789. The molecule has 126 valence electrons. The van der Waals surface area contributed by atoms with Gasteiger partial charge in [0.25, 0.3) is 17.4 Å². The molecule has 0 aliphatic carbocycles. The van der Waals surface area contributed by atoms with E-state index in [0.717, 1.165) is 5.56 Å². The van der Waals surface area contributed by atoms with Gasteiger partial charge in [0.2, 0.25) is 0 Å². The van der Waals surface area contributed by atoms with E-state index in [0.29, 0.717) is 10.8 Å². The van der Waals surface area contributed by atoms with Crippen LogP contribution in [0.4, 0.5) is 0 Å². The molecule has 0 saturated heterocycles. The highest BCUT2D eigenvalue weighted by Gasteiger charge is 2.08. The monoisotopic (exact) mass is 349 g/mol. The first-order valence-corrected chi connectivity index (χ1v) is 7.45. The maximum atomic E-state index is 11.7. The Morgan fingerprint density at radius 3 is 2.67 bits per heavy atom. The highest BCUT2D eigenvalue weighted by molar-refractivity contribution is 6.32. The summed E-state index contributed by atoms with van der Waals surface area (Å²) in [6.45, 7) is 1.36. The van der Waals surface area contributed by atoms with E-state index in [9.17, 15) is 14.4 Å². The first-order chi connectivity index (χ1) is 11.5. The Bertz CT molecular complexity index is 804. The van der Waals surface area contributed by atoms with Crippen LogP contribution in [0, 0.1) is 6.92 Å². The number of carbonyl (C=O) groups excluding carboxylic acids is 2. The molecule has 0 aliphatic rings. The van der Waals surface area contributed by atoms with Gasteiger partial charge in [0.15, 0.2) is 6.61 Å². The number of aromatic nitrogens is 1. The van der Waals surface area contributed by atoms with Crippen molar-refractivity contribution in [3.63, 3.8) is 0 Å². The Hall–Kier alpha value is -2.80. The lowest BCUT2D eigenvalue weighted by atomic mass is 10.2. The first-order valence-electron chi connectivity index (χ1n) is 7.08. The van der Waals surface area contributed by atoms with Crippen molar-refractivity contribution in [3.05, 3.63) is 63.5 Å². The molecule has 0 saturated carbocycles. The minimum atomic E-state index is -0.554. The summed E-state index contributed by atoms with van der Waals surface area (Å²) in [6.07, 6.45) is 1.48. The fourth-order valence-corrected chi connectivity index (χ4v) is 2.00. The topological polar surface area (TPSA) is 89.4 Å². The van der Waals surface area contributed by atoms with E-state index in [4.69, 9.17) is 16.3 Å². The molecule has 7 nitrogen and oxygen atoms in total. The molecule has 8 heteroatoms. The Morgan fingerprint density at radius 1 is 1.17 bits per heavy atom. The van der Waals surface area contributed by atoms with E-state index in [1.54, 1.807) is 24.3 Å². The van der Waals surface area contributed by atoms with E-state index in [1.165, 1.54) is 16.8 Å². The number of halogens is 1. The van der Waals surface area contributed by atoms with E-state index in [1.807, 2.05) is 13.0 Å². The van der Waals surface area contributed by atoms with E-state index < -0.39 is 11.8 Å². The van der Waals surface area contributed by atoms with Crippen LogP contribution >= 0.6 is 11.6 Å². The summed E-state index contributed by atoms with van der Waals surface area (Å²) < 4.78 is 6.51. The number of nitrogens with zero attached hydrogens (tertiary/aromatic N) is 1. The second-order valence-electron chi connectivity index (χ2n) is 4.99. The summed E-state index contributed by atoms with van der Waals surface area (Å²) in [4.78, 5) is 34.8. The Balaban J connectivity index is 1.79. The molecular weight excluding hydrogens is 334 g/mol. The lowest BCUT2D eigenvalue weighted by molar-refractivity contribution is -0.130. The average Bonchev–Trinajstić information content (AvgIpc) is 2.56. The average molecular weight is 350 g/mol. The summed E-state index contributed by atoms with van der Waals surface area (Å²) in [5.74, 6) is -0.708. The number of carbonyl (C=O) groups is 2. The first kappa shape index (κ1) is 17.6. The van der Waals surface area contributed by atoms with Gasteiger partial charge in [-0.25, -0.2) is 0 Å². The van der Waals surface area contributed by atoms with Crippen molar-refractivity contribution in [2.24, 2.45) is 0 Å². The zero-order valence-electron chi connectivity index (χ0n) is 12.9. The second-order valence-corrected chi connectivity index (χ2v) is 5.39. The van der Waals surface area contributed by atoms with Crippen LogP contribution in [0.25, 0.3) is 0 Å². The van der Waals surface area contributed by atoms with Gasteiger partial charge in [-0.2, -0.15) is 0 Å². The molecule has 0 unspecified atom stereocenters. The Kier molecular flexibility index (Phi) is 5.97. The number of hydrogen-bond donors (Lipinski definition) is 2. The number of rotatable bonds is 5. The molecule has 24 heavy (non-hydrogen) atoms. The van der Waals surface area contributed by atoms with E-state index in [-0.39, 0.29) is 18.7 Å². The lowest BCUT2D eigenvalue weighted by Crippen LogP contribution is -2.45. The zero-order chi connectivity index (χ0) is 17.5. The molecule has 2 aromatic rings. The second kappa shape index (κ2) is 8.16. The van der Waals surface area contributed by atoms with Crippen LogP contribution in [0.2, 0.25) is 5.02 Å². The number of nitrogens with one attached hydrogen (secondary N) is 2. The number of pyridine rings is 1. The third-order valence-corrected chi connectivity index (χ3v) is 3.31. The molecular formula is C16H16ClN3O4. The maximum Gasteiger partial charge on any atom is 0.276 e. The minimum Gasteiger partial charge on any atom is -0.482 e. The fourth-order valence-electron chi connectivity index (χ4n) is 1.83. The molecule has 2 N–H and O–H groups in total. The summed E-state index contributed by atoms with van der Waals surface area (Å²) >= 11 is 5.95. The predicted molar refractivity (Wildman–Crippen MR) is 88.7 cm³/mol. The number of hydrogen-bond acceptors (Lipinski definition) is 4. The summed E-state index contributed by atoms with van der Waals surface area (Å²) in [5.41, 5.74) is 5.05. The van der Waals surface area contributed by atoms with Crippen molar-refractivity contribution in [1.82, 2.24) is 15.4 Å². The number of hydrazine groups is 1. The van der Waals surface area contributed by atoms with E-state index >= 15 is 0 Å². The Morgan fingerprint density at radius 2 is 1.92 bits per heavy atom. The van der Waals surface area contributed by atoms with Gasteiger partial charge in [-0.3, -0.25) is 25.2 Å². The van der Waals surface area contributed by atoms with Crippen LogP contribution in [0.3, 0.4) is 0 Å². The predicted octanol–water partition coefficient (Wildman–Crippen LogP) is 1.04. The van der Waals surface area contributed by atoms with E-state index in [2.05, 4.69) is 10.9 Å². The van der Waals surface area contributed by atoms with Crippen LogP contribution in [0.15, 0.2) is 47.4 Å². The van der Waals surface area contributed by atoms with Crippen LogP contribution in [-0.2, 0) is 16.1 Å². The molecule has 0 atom stereocenters. The van der Waals surface area contributed by atoms with Gasteiger partial charge in [-0.05, 0) is 30.7 Å². The van der Waals surface area contributed by atoms with Crippen LogP contribution in [0.5, 0.6) is 5.75 Å². The largest absolute Gasteiger partial charge is 0.482 e. The summed E-state index contributed by atoms with van der Waals surface area (Å²) in [6, 6.07) is 9.74. The lowest BCUT2D eigenvalue weighted by Gasteiger charge is -2.10. The number of aryl methyl sites for hydroxylation is 1. The molecule has 2 amide bonds. The van der Waals surface area contributed by atoms with Crippen LogP contribution in [-0.4, -0.2) is 23.0 Å². The molecule has 1 aromatic carbocycles. The van der Waals surface area contributed by atoms with Gasteiger partial charge in [0.1, 0.15) is 12.3 Å². The fraction of sp³-hybridized carbons (Fsp3) is 0.188. The Labute approximate surface area is 143 Å². The smallest absolute Gasteiger partial charge is 0.276 e. The third-order valence-electron chi connectivity index (χ3n) is 3.00.